The van der Waals surface area contributed by atoms with Crippen molar-refractivity contribution in [1.82, 2.24) is 15.1 Å². The number of carbonyl (C=O) groups is 1. The number of carbonyl (C=O) groups excluding carboxylic acids is 1. The Morgan fingerprint density at radius 1 is 1.16 bits per heavy atom. The van der Waals surface area contributed by atoms with E-state index in [1.807, 2.05) is 0 Å². The largest absolute Gasteiger partial charge is 0.325 e. The minimum absolute atomic E-state index is 0.273. The van der Waals surface area contributed by atoms with Crippen LogP contribution in [-0.4, -0.2) is 54.6 Å². The van der Waals surface area contributed by atoms with Gasteiger partial charge in [0.1, 0.15) is 0 Å². The van der Waals surface area contributed by atoms with E-state index in [2.05, 4.69) is 29.0 Å². The summed E-state index contributed by atoms with van der Waals surface area (Å²) in [6.45, 7) is 9.27. The Bertz CT molecular complexity index is 287. The molecule has 2 rings (SSSR count). The van der Waals surface area contributed by atoms with Crippen molar-refractivity contribution in [2.24, 2.45) is 5.92 Å². The van der Waals surface area contributed by atoms with Gasteiger partial charge in [0, 0.05) is 32.2 Å². The second-order valence-electron chi connectivity index (χ2n) is 6.19. The second kappa shape index (κ2) is 7.13. The molecule has 0 aromatic carbocycles. The highest BCUT2D eigenvalue weighted by Crippen LogP contribution is 2.19. The van der Waals surface area contributed by atoms with E-state index in [0.29, 0.717) is 6.04 Å². The van der Waals surface area contributed by atoms with Crippen LogP contribution < -0.4 is 5.32 Å². The molecule has 2 aliphatic rings. The zero-order chi connectivity index (χ0) is 13.7. The van der Waals surface area contributed by atoms with Gasteiger partial charge in [-0.15, -0.1) is 0 Å². The summed E-state index contributed by atoms with van der Waals surface area (Å²) in [6, 6.07) is 0.774. The molecule has 1 unspecified atom stereocenters. The van der Waals surface area contributed by atoms with Crippen molar-refractivity contribution in [3.8, 4) is 0 Å². The zero-order valence-corrected chi connectivity index (χ0v) is 12.5. The molecular formula is C15H29N3O. The molecule has 2 amide bonds. The number of urea groups is 1. The summed E-state index contributed by atoms with van der Waals surface area (Å²) in [5.74, 6) is 0.782. The van der Waals surface area contributed by atoms with Crippen LogP contribution in [0.25, 0.3) is 0 Å². The van der Waals surface area contributed by atoms with Crippen LogP contribution >= 0.6 is 0 Å². The predicted octanol–water partition coefficient (Wildman–Crippen LogP) is 2.30. The number of hydrogen-bond acceptors (Lipinski definition) is 2. The molecule has 0 aliphatic carbocycles. The number of nitrogens with zero attached hydrogens (tertiary/aromatic N) is 2. The second-order valence-corrected chi connectivity index (χ2v) is 6.19. The quantitative estimate of drug-likeness (QED) is 0.851. The standard InChI is InChI=1S/C15H29N3O/c1-3-8-16-14-5-4-9-18(12-14)15(19)17-10-6-13(2)7-11-17/h13-14,16H,3-12H2,1-2H3. The van der Waals surface area contributed by atoms with Crippen molar-refractivity contribution < 1.29 is 4.79 Å². The van der Waals surface area contributed by atoms with E-state index in [1.165, 1.54) is 6.42 Å². The number of likely N-dealkylation sites (tertiary alicyclic amines) is 2. The summed E-state index contributed by atoms with van der Waals surface area (Å²) < 4.78 is 0. The highest BCUT2D eigenvalue weighted by Gasteiger charge is 2.28. The zero-order valence-electron chi connectivity index (χ0n) is 12.5. The Kier molecular flexibility index (Phi) is 5.49. The van der Waals surface area contributed by atoms with Crippen molar-refractivity contribution in [3.63, 3.8) is 0 Å². The molecule has 2 fully saturated rings. The van der Waals surface area contributed by atoms with Crippen LogP contribution in [0.15, 0.2) is 0 Å². The van der Waals surface area contributed by atoms with E-state index in [4.69, 9.17) is 0 Å². The minimum atomic E-state index is 0.273. The monoisotopic (exact) mass is 267 g/mol. The van der Waals surface area contributed by atoms with Gasteiger partial charge in [-0.05, 0) is 44.6 Å². The van der Waals surface area contributed by atoms with Gasteiger partial charge in [0.15, 0.2) is 0 Å². The molecule has 0 aromatic heterocycles. The van der Waals surface area contributed by atoms with Gasteiger partial charge in [-0.25, -0.2) is 4.79 Å². The van der Waals surface area contributed by atoms with Gasteiger partial charge in [-0.2, -0.15) is 0 Å². The van der Waals surface area contributed by atoms with Crippen molar-refractivity contribution in [3.05, 3.63) is 0 Å². The first-order valence-corrected chi connectivity index (χ1v) is 7.98. The first-order chi connectivity index (χ1) is 9.20. The lowest BCUT2D eigenvalue weighted by atomic mass is 9.99. The smallest absolute Gasteiger partial charge is 0.320 e. The lowest BCUT2D eigenvalue weighted by molar-refractivity contribution is 0.119. The van der Waals surface area contributed by atoms with Crippen LogP contribution in [0.4, 0.5) is 4.79 Å². The van der Waals surface area contributed by atoms with Gasteiger partial charge < -0.3 is 15.1 Å². The van der Waals surface area contributed by atoms with E-state index in [0.717, 1.165) is 64.3 Å². The van der Waals surface area contributed by atoms with Gasteiger partial charge in [0.05, 0.1) is 0 Å². The summed E-state index contributed by atoms with van der Waals surface area (Å²) in [7, 11) is 0. The van der Waals surface area contributed by atoms with E-state index < -0.39 is 0 Å². The summed E-state index contributed by atoms with van der Waals surface area (Å²) in [4.78, 5) is 16.6. The third-order valence-electron chi connectivity index (χ3n) is 4.43. The molecule has 1 N–H and O–H groups in total. The Morgan fingerprint density at radius 2 is 1.89 bits per heavy atom. The molecule has 110 valence electrons. The fourth-order valence-corrected chi connectivity index (χ4v) is 3.07. The lowest BCUT2D eigenvalue weighted by Gasteiger charge is -2.39. The normalized spacial score (nSPS) is 25.7. The predicted molar refractivity (Wildman–Crippen MR) is 78.3 cm³/mol. The minimum Gasteiger partial charge on any atom is -0.325 e. The average Bonchev–Trinajstić information content (AvgIpc) is 2.45. The number of nitrogens with one attached hydrogen (secondary N) is 1. The van der Waals surface area contributed by atoms with E-state index in [9.17, 15) is 4.79 Å². The third kappa shape index (κ3) is 4.10. The van der Waals surface area contributed by atoms with Gasteiger partial charge >= 0.3 is 6.03 Å². The Balaban J connectivity index is 1.81. The van der Waals surface area contributed by atoms with Crippen molar-refractivity contribution >= 4 is 6.03 Å². The van der Waals surface area contributed by atoms with E-state index in [1.54, 1.807) is 0 Å². The van der Waals surface area contributed by atoms with Crippen LogP contribution in [0.2, 0.25) is 0 Å². The van der Waals surface area contributed by atoms with Crippen molar-refractivity contribution in [1.29, 1.82) is 0 Å². The first-order valence-electron chi connectivity index (χ1n) is 7.98. The molecule has 4 heteroatoms. The van der Waals surface area contributed by atoms with E-state index >= 15 is 0 Å². The number of piperidine rings is 2. The molecular weight excluding hydrogens is 238 g/mol. The lowest BCUT2D eigenvalue weighted by Crippen LogP contribution is -2.53. The SMILES string of the molecule is CCCNC1CCCN(C(=O)N2CCC(C)CC2)C1. The Labute approximate surface area is 117 Å². The van der Waals surface area contributed by atoms with Gasteiger partial charge in [-0.3, -0.25) is 0 Å². The van der Waals surface area contributed by atoms with Gasteiger partial charge in [-0.1, -0.05) is 13.8 Å². The van der Waals surface area contributed by atoms with Crippen molar-refractivity contribution in [2.75, 3.05) is 32.7 Å². The molecule has 0 radical (unpaired) electrons. The van der Waals surface area contributed by atoms with Gasteiger partial charge in [0.25, 0.3) is 0 Å². The molecule has 2 heterocycles. The Hall–Kier alpha value is -0.770. The summed E-state index contributed by atoms with van der Waals surface area (Å²) in [6.07, 6.45) is 5.83. The maximum Gasteiger partial charge on any atom is 0.320 e. The number of rotatable bonds is 3. The van der Waals surface area contributed by atoms with Crippen LogP contribution in [0.1, 0.15) is 46.0 Å². The van der Waals surface area contributed by atoms with Crippen LogP contribution in [0.3, 0.4) is 0 Å². The molecule has 0 aromatic rings. The highest BCUT2D eigenvalue weighted by atomic mass is 16.2. The number of amides is 2. The highest BCUT2D eigenvalue weighted by molar-refractivity contribution is 5.74. The first kappa shape index (κ1) is 14.6. The molecule has 0 saturated carbocycles. The molecule has 19 heavy (non-hydrogen) atoms. The van der Waals surface area contributed by atoms with E-state index in [-0.39, 0.29) is 6.03 Å². The maximum atomic E-state index is 12.5. The summed E-state index contributed by atoms with van der Waals surface area (Å²) in [5, 5.41) is 3.55. The molecule has 0 bridgehead atoms. The Morgan fingerprint density at radius 3 is 2.58 bits per heavy atom. The number of hydrogen-bond donors (Lipinski definition) is 1. The van der Waals surface area contributed by atoms with Crippen LogP contribution in [0.5, 0.6) is 0 Å². The van der Waals surface area contributed by atoms with Crippen LogP contribution in [-0.2, 0) is 0 Å². The van der Waals surface area contributed by atoms with Crippen molar-refractivity contribution in [2.45, 2.75) is 52.0 Å². The molecule has 1 atom stereocenters. The summed E-state index contributed by atoms with van der Waals surface area (Å²) >= 11 is 0. The summed E-state index contributed by atoms with van der Waals surface area (Å²) in [5.41, 5.74) is 0. The molecule has 2 aliphatic heterocycles. The molecule has 0 spiro atoms. The molecule has 4 nitrogen and oxygen atoms in total. The molecule has 2 saturated heterocycles. The average molecular weight is 267 g/mol. The maximum absolute atomic E-state index is 12.5. The third-order valence-corrected chi connectivity index (χ3v) is 4.43. The fraction of sp³-hybridized carbons (Fsp3) is 0.933. The van der Waals surface area contributed by atoms with Gasteiger partial charge in [0.2, 0.25) is 0 Å². The fourth-order valence-electron chi connectivity index (χ4n) is 3.07. The van der Waals surface area contributed by atoms with Crippen LogP contribution in [0, 0.1) is 5.92 Å². The topological polar surface area (TPSA) is 35.6 Å².